The molecule has 0 heterocycles. The fourth-order valence-corrected chi connectivity index (χ4v) is 0.560. The number of nitrogens with zero attached hydrogens (tertiary/aromatic N) is 1. The van der Waals surface area contributed by atoms with Crippen molar-refractivity contribution in [3.8, 4) is 0 Å². The lowest BCUT2D eigenvalue weighted by Gasteiger charge is -2.09. The second-order valence-corrected chi connectivity index (χ2v) is 1.91. The van der Waals surface area contributed by atoms with Gasteiger partial charge in [0.2, 0.25) is 0 Å². The van der Waals surface area contributed by atoms with Gasteiger partial charge in [0, 0.05) is 25.7 Å². The summed E-state index contributed by atoms with van der Waals surface area (Å²) in [5.74, 6) is 0. The molecule has 0 saturated carbocycles. The number of hydrogen-bond donors (Lipinski definition) is 0. The van der Waals surface area contributed by atoms with Crippen LogP contribution >= 0.6 is 0 Å². The SMILES string of the molecule is CCN(C)C1=CC1. The highest BCUT2D eigenvalue weighted by Gasteiger charge is 2.09. The van der Waals surface area contributed by atoms with Gasteiger partial charge in [-0.25, -0.2) is 0 Å². The second-order valence-electron chi connectivity index (χ2n) is 1.91. The van der Waals surface area contributed by atoms with Crippen LogP contribution in [0, 0.1) is 0 Å². The van der Waals surface area contributed by atoms with Crippen molar-refractivity contribution in [2.45, 2.75) is 13.3 Å². The van der Waals surface area contributed by atoms with Gasteiger partial charge in [-0.3, -0.25) is 0 Å². The van der Waals surface area contributed by atoms with Crippen LogP contribution in [-0.2, 0) is 0 Å². The molecule has 0 unspecified atom stereocenters. The lowest BCUT2D eigenvalue weighted by atomic mass is 10.6. The van der Waals surface area contributed by atoms with E-state index in [0.29, 0.717) is 0 Å². The van der Waals surface area contributed by atoms with Crippen molar-refractivity contribution >= 4 is 0 Å². The Bertz CT molecular complexity index is 94.4. The molecule has 0 aliphatic heterocycles. The molecule has 0 aromatic heterocycles. The summed E-state index contributed by atoms with van der Waals surface area (Å²) in [6.07, 6.45) is 3.47. The van der Waals surface area contributed by atoms with Crippen LogP contribution in [0.1, 0.15) is 13.3 Å². The molecule has 1 aliphatic rings. The third kappa shape index (κ3) is 0.952. The monoisotopic (exact) mass is 97.1 g/mol. The Labute approximate surface area is 44.6 Å². The van der Waals surface area contributed by atoms with Gasteiger partial charge in [-0.05, 0) is 6.92 Å². The summed E-state index contributed by atoms with van der Waals surface area (Å²) < 4.78 is 0. The first-order chi connectivity index (χ1) is 3.34. The number of allylic oxidation sites excluding steroid dienone is 2. The molecule has 0 N–H and O–H groups in total. The molecule has 1 aliphatic carbocycles. The summed E-state index contributed by atoms with van der Waals surface area (Å²) in [4.78, 5) is 2.26. The molecule has 1 rings (SSSR count). The largest absolute Gasteiger partial charge is 0.378 e. The van der Waals surface area contributed by atoms with Crippen molar-refractivity contribution in [2.24, 2.45) is 0 Å². The van der Waals surface area contributed by atoms with Gasteiger partial charge < -0.3 is 4.90 Å². The lowest BCUT2D eigenvalue weighted by molar-refractivity contribution is 0.458. The van der Waals surface area contributed by atoms with Crippen molar-refractivity contribution in [1.29, 1.82) is 0 Å². The Morgan fingerprint density at radius 2 is 2.43 bits per heavy atom. The van der Waals surface area contributed by atoms with Crippen LogP contribution in [0.15, 0.2) is 11.8 Å². The van der Waals surface area contributed by atoms with Crippen molar-refractivity contribution in [2.75, 3.05) is 13.6 Å². The molecule has 0 saturated heterocycles. The van der Waals surface area contributed by atoms with Gasteiger partial charge in [0.05, 0.1) is 0 Å². The maximum atomic E-state index is 2.26. The normalized spacial score (nSPS) is 16.0. The average molecular weight is 97.2 g/mol. The van der Waals surface area contributed by atoms with E-state index in [9.17, 15) is 0 Å². The fraction of sp³-hybridized carbons (Fsp3) is 0.667. The average Bonchev–Trinajstić information content (AvgIpc) is 2.44. The van der Waals surface area contributed by atoms with E-state index in [4.69, 9.17) is 0 Å². The Kier molecular flexibility index (Phi) is 1.05. The molecule has 0 atom stereocenters. The topological polar surface area (TPSA) is 3.24 Å². The van der Waals surface area contributed by atoms with E-state index in [1.807, 2.05) is 0 Å². The first-order valence-corrected chi connectivity index (χ1v) is 2.74. The van der Waals surface area contributed by atoms with Crippen LogP contribution in [0.4, 0.5) is 0 Å². The number of hydrogen-bond acceptors (Lipinski definition) is 1. The minimum atomic E-state index is 1.14. The molecular formula is C6H11N. The third-order valence-corrected chi connectivity index (χ3v) is 1.35. The lowest BCUT2D eigenvalue weighted by Crippen LogP contribution is -2.10. The molecule has 0 radical (unpaired) electrons. The molecule has 0 aromatic rings. The molecule has 7 heavy (non-hydrogen) atoms. The summed E-state index contributed by atoms with van der Waals surface area (Å²) in [6.45, 7) is 3.31. The van der Waals surface area contributed by atoms with Gasteiger partial charge in [0.1, 0.15) is 0 Å². The molecule has 0 bridgehead atoms. The number of rotatable bonds is 2. The van der Waals surface area contributed by atoms with E-state index >= 15 is 0 Å². The van der Waals surface area contributed by atoms with Crippen LogP contribution in [0.25, 0.3) is 0 Å². The van der Waals surface area contributed by atoms with Gasteiger partial charge >= 0.3 is 0 Å². The molecule has 0 aromatic carbocycles. The van der Waals surface area contributed by atoms with Gasteiger partial charge in [-0.15, -0.1) is 0 Å². The zero-order valence-corrected chi connectivity index (χ0v) is 4.94. The van der Waals surface area contributed by atoms with Crippen molar-refractivity contribution in [3.05, 3.63) is 11.8 Å². The summed E-state index contributed by atoms with van der Waals surface area (Å²) in [5.41, 5.74) is 1.50. The minimum absolute atomic E-state index is 1.14. The van der Waals surface area contributed by atoms with E-state index in [2.05, 4.69) is 24.9 Å². The molecule has 0 fully saturated rings. The minimum Gasteiger partial charge on any atom is -0.378 e. The van der Waals surface area contributed by atoms with Gasteiger partial charge in [0.25, 0.3) is 0 Å². The van der Waals surface area contributed by atoms with Crippen LogP contribution in [0.3, 0.4) is 0 Å². The van der Waals surface area contributed by atoms with Crippen molar-refractivity contribution in [1.82, 2.24) is 4.90 Å². The standard InChI is InChI=1S/C6H11N/c1-3-7(2)6-4-5-6/h4H,3,5H2,1-2H3. The summed E-state index contributed by atoms with van der Waals surface area (Å²) in [5, 5.41) is 0. The van der Waals surface area contributed by atoms with Crippen molar-refractivity contribution < 1.29 is 0 Å². The van der Waals surface area contributed by atoms with Gasteiger partial charge in [-0.2, -0.15) is 0 Å². The van der Waals surface area contributed by atoms with Crippen LogP contribution < -0.4 is 0 Å². The maximum absolute atomic E-state index is 2.26. The molecule has 40 valence electrons. The Morgan fingerprint density at radius 1 is 1.86 bits per heavy atom. The van der Waals surface area contributed by atoms with Crippen molar-refractivity contribution in [3.63, 3.8) is 0 Å². The zero-order valence-electron chi connectivity index (χ0n) is 4.94. The summed E-state index contributed by atoms with van der Waals surface area (Å²) >= 11 is 0. The Morgan fingerprint density at radius 3 is 2.57 bits per heavy atom. The van der Waals surface area contributed by atoms with E-state index in [-0.39, 0.29) is 0 Å². The smallest absolute Gasteiger partial charge is 0.0143 e. The summed E-state index contributed by atoms with van der Waals surface area (Å²) in [6, 6.07) is 0. The highest BCUT2D eigenvalue weighted by molar-refractivity contribution is 5.19. The van der Waals surface area contributed by atoms with E-state index in [1.54, 1.807) is 0 Å². The second kappa shape index (κ2) is 1.57. The third-order valence-electron chi connectivity index (χ3n) is 1.35. The van der Waals surface area contributed by atoms with E-state index in [1.165, 1.54) is 12.1 Å². The first kappa shape index (κ1) is 4.69. The van der Waals surface area contributed by atoms with E-state index < -0.39 is 0 Å². The Balaban J connectivity index is 2.24. The summed E-state index contributed by atoms with van der Waals surface area (Å²) in [7, 11) is 2.12. The maximum Gasteiger partial charge on any atom is 0.0143 e. The van der Waals surface area contributed by atoms with Crippen LogP contribution in [0.2, 0.25) is 0 Å². The predicted octanol–water partition coefficient (Wildman–Crippen LogP) is 1.23. The fourth-order valence-electron chi connectivity index (χ4n) is 0.560. The van der Waals surface area contributed by atoms with E-state index in [0.717, 1.165) is 6.54 Å². The molecular weight excluding hydrogens is 86.1 g/mol. The van der Waals surface area contributed by atoms with Gasteiger partial charge in [0.15, 0.2) is 0 Å². The molecule has 1 nitrogen and oxygen atoms in total. The highest BCUT2D eigenvalue weighted by atomic mass is 15.1. The molecule has 0 spiro atoms. The first-order valence-electron chi connectivity index (χ1n) is 2.74. The molecule has 1 heteroatoms. The quantitative estimate of drug-likeness (QED) is 0.501. The molecule has 0 amide bonds. The highest BCUT2D eigenvalue weighted by Crippen LogP contribution is 2.20. The Hall–Kier alpha value is -0.460. The zero-order chi connectivity index (χ0) is 5.28. The predicted molar refractivity (Wildman–Crippen MR) is 31.0 cm³/mol. The van der Waals surface area contributed by atoms with Crippen LogP contribution in [-0.4, -0.2) is 18.5 Å². The van der Waals surface area contributed by atoms with Gasteiger partial charge in [-0.1, -0.05) is 6.08 Å². The van der Waals surface area contributed by atoms with Crippen LogP contribution in [0.5, 0.6) is 0 Å².